The largest absolute Gasteiger partial charge is 0.322 e. The molecule has 1 aliphatic rings. The third kappa shape index (κ3) is 3.96. The molecule has 1 N–H and O–H groups in total. The maximum atomic E-state index is 12.4. The molecule has 0 saturated carbocycles. The summed E-state index contributed by atoms with van der Waals surface area (Å²) in [6.45, 7) is 5.51. The topological polar surface area (TPSA) is 52.2 Å². The minimum Gasteiger partial charge on any atom is -0.322 e. The van der Waals surface area contributed by atoms with Crippen LogP contribution in [0.5, 0.6) is 0 Å². The number of aromatic nitrogens is 2. The molecule has 134 valence electrons. The summed E-state index contributed by atoms with van der Waals surface area (Å²) in [5.41, 5.74) is 2.80. The molecule has 4 rings (SSSR count). The number of halogens is 1. The number of piperazine rings is 1. The Balaban J connectivity index is 1.40. The van der Waals surface area contributed by atoms with E-state index in [4.69, 9.17) is 11.6 Å². The lowest BCUT2D eigenvalue weighted by atomic mass is 10.1. The predicted octanol–water partition coefficient (Wildman–Crippen LogP) is 2.89. The molecule has 3 heterocycles. The first kappa shape index (κ1) is 17.2. The first-order valence-corrected chi connectivity index (χ1v) is 9.20. The summed E-state index contributed by atoms with van der Waals surface area (Å²) in [6.07, 6.45) is 3.73. The molecule has 0 unspecified atom stereocenters. The van der Waals surface area contributed by atoms with Gasteiger partial charge in [0.25, 0.3) is 5.56 Å². The van der Waals surface area contributed by atoms with Gasteiger partial charge in [-0.15, -0.1) is 0 Å². The van der Waals surface area contributed by atoms with Crippen molar-refractivity contribution >= 4 is 22.5 Å². The fourth-order valence-corrected chi connectivity index (χ4v) is 3.60. The highest BCUT2D eigenvalue weighted by Crippen LogP contribution is 2.18. The average molecular weight is 369 g/mol. The molecule has 1 aliphatic heterocycles. The summed E-state index contributed by atoms with van der Waals surface area (Å²) < 4.78 is 0. The van der Waals surface area contributed by atoms with Gasteiger partial charge >= 0.3 is 0 Å². The Bertz CT molecular complexity index is 949. The van der Waals surface area contributed by atoms with Crippen LogP contribution in [0.15, 0.2) is 53.6 Å². The number of fused-ring (bicyclic) bond motifs is 1. The predicted molar refractivity (Wildman–Crippen MR) is 104 cm³/mol. The van der Waals surface area contributed by atoms with Crippen molar-refractivity contribution < 1.29 is 0 Å². The van der Waals surface area contributed by atoms with Crippen molar-refractivity contribution in [3.05, 3.63) is 75.3 Å². The molecule has 0 radical (unpaired) electrons. The van der Waals surface area contributed by atoms with Crippen LogP contribution in [-0.2, 0) is 13.1 Å². The molecule has 3 aromatic rings. The molecule has 1 aromatic carbocycles. The molecule has 0 bridgehead atoms. The van der Waals surface area contributed by atoms with E-state index >= 15 is 0 Å². The number of nitrogens with zero attached hydrogens (tertiary/aromatic N) is 3. The van der Waals surface area contributed by atoms with E-state index in [1.165, 1.54) is 5.56 Å². The second-order valence-electron chi connectivity index (χ2n) is 6.77. The molecule has 1 fully saturated rings. The van der Waals surface area contributed by atoms with Crippen LogP contribution in [-0.4, -0.2) is 45.9 Å². The maximum absolute atomic E-state index is 12.4. The van der Waals surface area contributed by atoms with Crippen molar-refractivity contribution in [1.82, 2.24) is 19.8 Å². The number of rotatable bonds is 4. The zero-order valence-electron chi connectivity index (χ0n) is 14.5. The van der Waals surface area contributed by atoms with Gasteiger partial charge in [-0.2, -0.15) is 0 Å². The van der Waals surface area contributed by atoms with Crippen LogP contribution < -0.4 is 5.56 Å². The van der Waals surface area contributed by atoms with E-state index in [-0.39, 0.29) is 5.56 Å². The third-order valence-electron chi connectivity index (χ3n) is 4.87. The monoisotopic (exact) mass is 368 g/mol. The summed E-state index contributed by atoms with van der Waals surface area (Å²) in [6, 6.07) is 11.7. The SMILES string of the molecule is O=c1[nH]c2cc(Cl)ccc2cc1CN1CCN(Cc2cccnc2)CC1. The maximum Gasteiger partial charge on any atom is 0.252 e. The molecule has 1 saturated heterocycles. The quantitative estimate of drug-likeness (QED) is 0.769. The Morgan fingerprint density at radius 1 is 1.04 bits per heavy atom. The first-order chi connectivity index (χ1) is 12.7. The van der Waals surface area contributed by atoms with Crippen molar-refractivity contribution in [1.29, 1.82) is 0 Å². The smallest absolute Gasteiger partial charge is 0.252 e. The second-order valence-corrected chi connectivity index (χ2v) is 7.21. The highest BCUT2D eigenvalue weighted by atomic mass is 35.5. The average Bonchev–Trinajstić information content (AvgIpc) is 2.65. The lowest BCUT2D eigenvalue weighted by Crippen LogP contribution is -2.45. The van der Waals surface area contributed by atoms with Gasteiger partial charge in [0.2, 0.25) is 0 Å². The van der Waals surface area contributed by atoms with Gasteiger partial charge < -0.3 is 4.98 Å². The van der Waals surface area contributed by atoms with Gasteiger partial charge in [-0.25, -0.2) is 0 Å². The van der Waals surface area contributed by atoms with Gasteiger partial charge in [0.1, 0.15) is 0 Å². The fourth-order valence-electron chi connectivity index (χ4n) is 3.43. The van der Waals surface area contributed by atoms with Crippen LogP contribution in [0.2, 0.25) is 5.02 Å². The third-order valence-corrected chi connectivity index (χ3v) is 5.11. The van der Waals surface area contributed by atoms with Crippen LogP contribution in [0.3, 0.4) is 0 Å². The van der Waals surface area contributed by atoms with E-state index < -0.39 is 0 Å². The van der Waals surface area contributed by atoms with Crippen LogP contribution in [0.1, 0.15) is 11.1 Å². The Kier molecular flexibility index (Phi) is 5.02. The number of benzene rings is 1. The fraction of sp³-hybridized carbons (Fsp3) is 0.300. The van der Waals surface area contributed by atoms with Crippen LogP contribution in [0, 0.1) is 0 Å². The van der Waals surface area contributed by atoms with Gasteiger partial charge in [-0.3, -0.25) is 19.6 Å². The summed E-state index contributed by atoms with van der Waals surface area (Å²) in [5.74, 6) is 0. The summed E-state index contributed by atoms with van der Waals surface area (Å²) in [5, 5.41) is 1.64. The Labute approximate surface area is 157 Å². The second kappa shape index (κ2) is 7.58. The van der Waals surface area contributed by atoms with Gasteiger partial charge in [0.15, 0.2) is 0 Å². The number of aromatic amines is 1. The minimum absolute atomic E-state index is 0.0300. The molecule has 0 amide bonds. The van der Waals surface area contributed by atoms with E-state index in [1.807, 2.05) is 30.5 Å². The lowest BCUT2D eigenvalue weighted by molar-refractivity contribution is 0.121. The zero-order valence-corrected chi connectivity index (χ0v) is 15.2. The molecule has 5 nitrogen and oxygen atoms in total. The van der Waals surface area contributed by atoms with Gasteiger partial charge in [0.05, 0.1) is 0 Å². The van der Waals surface area contributed by atoms with Crippen molar-refractivity contribution in [2.24, 2.45) is 0 Å². The Morgan fingerprint density at radius 3 is 2.54 bits per heavy atom. The number of pyridine rings is 2. The molecule has 26 heavy (non-hydrogen) atoms. The highest BCUT2D eigenvalue weighted by molar-refractivity contribution is 6.31. The van der Waals surface area contributed by atoms with E-state index in [0.29, 0.717) is 11.6 Å². The Morgan fingerprint density at radius 2 is 1.81 bits per heavy atom. The van der Waals surface area contributed by atoms with Crippen LogP contribution in [0.25, 0.3) is 10.9 Å². The Hall–Kier alpha value is -2.21. The van der Waals surface area contributed by atoms with Crippen molar-refractivity contribution in [3.63, 3.8) is 0 Å². The molecular weight excluding hydrogens is 348 g/mol. The molecule has 0 spiro atoms. The number of hydrogen-bond acceptors (Lipinski definition) is 4. The first-order valence-electron chi connectivity index (χ1n) is 8.82. The zero-order chi connectivity index (χ0) is 17.9. The van der Waals surface area contributed by atoms with Crippen molar-refractivity contribution in [2.75, 3.05) is 26.2 Å². The summed E-state index contributed by atoms with van der Waals surface area (Å²) >= 11 is 6.00. The van der Waals surface area contributed by atoms with E-state index in [1.54, 1.807) is 12.3 Å². The molecule has 0 aliphatic carbocycles. The molecule has 2 aromatic heterocycles. The molecular formula is C20H21ClN4O. The summed E-state index contributed by atoms with van der Waals surface area (Å²) in [7, 11) is 0. The van der Waals surface area contributed by atoms with Gasteiger partial charge in [-0.1, -0.05) is 23.7 Å². The number of hydrogen-bond donors (Lipinski definition) is 1. The highest BCUT2D eigenvalue weighted by Gasteiger charge is 2.18. The van der Waals surface area contributed by atoms with Gasteiger partial charge in [0, 0.05) is 67.8 Å². The number of H-pyrrole nitrogens is 1. The van der Waals surface area contributed by atoms with Crippen LogP contribution >= 0.6 is 11.6 Å². The molecule has 0 atom stereocenters. The molecule has 6 heteroatoms. The van der Waals surface area contributed by atoms with E-state index in [9.17, 15) is 4.79 Å². The minimum atomic E-state index is -0.0300. The van der Waals surface area contributed by atoms with Crippen molar-refractivity contribution in [3.8, 4) is 0 Å². The van der Waals surface area contributed by atoms with Gasteiger partial charge in [-0.05, 0) is 35.2 Å². The standard InChI is InChI=1S/C20H21ClN4O/c21-18-4-3-16-10-17(20(26)23-19(16)11-18)14-25-8-6-24(7-9-25)13-15-2-1-5-22-12-15/h1-5,10-12H,6-9,13-14H2,(H,23,26). The number of nitrogens with one attached hydrogen (secondary N) is 1. The summed E-state index contributed by atoms with van der Waals surface area (Å²) in [4.78, 5) is 24.3. The van der Waals surface area contributed by atoms with E-state index in [0.717, 1.165) is 49.2 Å². The van der Waals surface area contributed by atoms with Crippen LogP contribution in [0.4, 0.5) is 0 Å². The van der Waals surface area contributed by atoms with E-state index in [2.05, 4.69) is 25.8 Å². The lowest BCUT2D eigenvalue weighted by Gasteiger charge is -2.34. The van der Waals surface area contributed by atoms with Crippen molar-refractivity contribution in [2.45, 2.75) is 13.1 Å². The normalized spacial score (nSPS) is 16.2.